The minimum atomic E-state index is -0.763. The van der Waals surface area contributed by atoms with E-state index in [1.165, 1.54) is 36.7 Å². The summed E-state index contributed by atoms with van der Waals surface area (Å²) in [6.45, 7) is 9.41. The highest BCUT2D eigenvalue weighted by Gasteiger charge is 2.60. The Morgan fingerprint density at radius 1 is 1.09 bits per heavy atom. The molecule has 0 heterocycles. The minimum absolute atomic E-state index is 0.0162. The van der Waals surface area contributed by atoms with Gasteiger partial charge in [0.1, 0.15) is 6.29 Å². The predicted molar refractivity (Wildman–Crippen MR) is 135 cm³/mol. The fourth-order valence-corrected chi connectivity index (χ4v) is 8.95. The van der Waals surface area contributed by atoms with Crippen molar-refractivity contribution in [1.82, 2.24) is 0 Å². The number of aliphatic carboxylic acids is 1. The molecule has 3 heteroatoms. The summed E-state index contributed by atoms with van der Waals surface area (Å²) in [6.07, 6.45) is 13.0. The van der Waals surface area contributed by atoms with Crippen molar-refractivity contribution in [3.05, 3.63) is 59.2 Å². The fourth-order valence-electron chi connectivity index (χ4n) is 8.95. The molecule has 0 amide bonds. The predicted octanol–water partition coefficient (Wildman–Crippen LogP) is 6.98. The van der Waals surface area contributed by atoms with Gasteiger partial charge in [-0.25, -0.2) is 4.79 Å². The molecule has 0 saturated heterocycles. The highest BCUT2D eigenvalue weighted by atomic mass is 16.4. The Labute approximate surface area is 204 Å². The summed E-state index contributed by atoms with van der Waals surface area (Å²) in [7, 11) is 0. The molecule has 0 radical (unpaired) electrons. The third-order valence-electron chi connectivity index (χ3n) is 11.0. The molecule has 5 rings (SSSR count). The van der Waals surface area contributed by atoms with Crippen LogP contribution in [0.25, 0.3) is 0 Å². The van der Waals surface area contributed by atoms with Crippen LogP contribution in [0.3, 0.4) is 0 Å². The van der Waals surface area contributed by atoms with Crippen LogP contribution >= 0.6 is 0 Å². The zero-order valence-electron chi connectivity index (χ0n) is 21.2. The highest BCUT2D eigenvalue weighted by molar-refractivity contribution is 5.87. The Morgan fingerprint density at radius 3 is 2.50 bits per heavy atom. The molecule has 4 aliphatic rings. The van der Waals surface area contributed by atoms with E-state index in [9.17, 15) is 14.7 Å². The Bertz CT molecular complexity index is 1030. The van der Waals surface area contributed by atoms with E-state index in [2.05, 4.69) is 64.1 Å². The van der Waals surface area contributed by atoms with Crippen molar-refractivity contribution in [2.45, 2.75) is 78.1 Å². The smallest absolute Gasteiger partial charge is 0.331 e. The second kappa shape index (κ2) is 8.21. The summed E-state index contributed by atoms with van der Waals surface area (Å²) in [5, 5.41) is 9.53. The van der Waals surface area contributed by atoms with Crippen LogP contribution in [0.15, 0.2) is 53.6 Å². The summed E-state index contributed by atoms with van der Waals surface area (Å²) in [5.41, 5.74) is 3.20. The topological polar surface area (TPSA) is 54.4 Å². The molecule has 182 valence electrons. The van der Waals surface area contributed by atoms with E-state index < -0.39 is 5.97 Å². The molecule has 2 unspecified atom stereocenters. The Morgan fingerprint density at radius 2 is 1.82 bits per heavy atom. The molecule has 1 aromatic carbocycles. The van der Waals surface area contributed by atoms with Gasteiger partial charge in [-0.2, -0.15) is 0 Å². The highest BCUT2D eigenvalue weighted by Crippen LogP contribution is 2.67. The fraction of sp³-hybridized carbons (Fsp3) is 0.613. The van der Waals surface area contributed by atoms with Crippen molar-refractivity contribution in [2.75, 3.05) is 0 Å². The van der Waals surface area contributed by atoms with E-state index in [4.69, 9.17) is 0 Å². The van der Waals surface area contributed by atoms with Gasteiger partial charge in [0.05, 0.1) is 0 Å². The summed E-state index contributed by atoms with van der Waals surface area (Å²) in [5.74, 6) is 1.57. The standard InChI is InChI=1S/C31H40O3/c1-29(2,21-8-6-5-7-9-21)27(19-32)26-13-12-24-23-11-10-22-18-20(28(33)34)14-16-30(22,3)25(23)15-17-31(24,26)4/h5-10,18-19,23-27H,11-17H2,1-4H3,(H,33,34)/t23-,24-,25-,26?,27?,30-,31-/m0/s1. The Hall–Kier alpha value is -2.16. The molecule has 4 aliphatic carbocycles. The zero-order chi connectivity index (χ0) is 24.3. The molecule has 1 aromatic rings. The molecule has 3 nitrogen and oxygen atoms in total. The number of hydrogen-bond donors (Lipinski definition) is 1. The first-order valence-electron chi connectivity index (χ1n) is 13.3. The number of fused-ring (bicyclic) bond motifs is 5. The van der Waals surface area contributed by atoms with Crippen LogP contribution in [-0.2, 0) is 15.0 Å². The first-order valence-corrected chi connectivity index (χ1v) is 13.3. The van der Waals surface area contributed by atoms with Crippen LogP contribution in [0.2, 0.25) is 0 Å². The molecule has 0 aromatic heterocycles. The summed E-state index contributed by atoms with van der Waals surface area (Å²) in [6, 6.07) is 10.6. The number of carbonyl (C=O) groups excluding carboxylic acids is 1. The van der Waals surface area contributed by atoms with Gasteiger partial charge in [0.2, 0.25) is 0 Å². The second-order valence-corrected chi connectivity index (χ2v) is 12.6. The van der Waals surface area contributed by atoms with E-state index in [1.807, 2.05) is 6.08 Å². The zero-order valence-corrected chi connectivity index (χ0v) is 21.2. The van der Waals surface area contributed by atoms with Crippen LogP contribution in [-0.4, -0.2) is 17.4 Å². The van der Waals surface area contributed by atoms with E-state index in [1.54, 1.807) is 0 Å². The molecule has 7 atom stereocenters. The van der Waals surface area contributed by atoms with E-state index in [-0.39, 0.29) is 22.2 Å². The number of rotatable bonds is 5. The van der Waals surface area contributed by atoms with Gasteiger partial charge in [0.15, 0.2) is 0 Å². The normalized spacial score (nSPS) is 38.0. The SMILES string of the molecule is CC(C)(c1ccccc1)C(C=O)C1CC[C@H]2[C@@H]3CC=C4C=C(C(=O)O)CC[C@]4(C)[C@H]3CC[C@]12C. The molecular weight excluding hydrogens is 420 g/mol. The number of aldehydes is 1. The summed E-state index contributed by atoms with van der Waals surface area (Å²) in [4.78, 5) is 24.3. The summed E-state index contributed by atoms with van der Waals surface area (Å²) >= 11 is 0. The van der Waals surface area contributed by atoms with E-state index in [0.29, 0.717) is 35.7 Å². The maximum Gasteiger partial charge on any atom is 0.331 e. The van der Waals surface area contributed by atoms with Crippen molar-refractivity contribution >= 4 is 12.3 Å². The molecule has 2 fully saturated rings. The lowest BCUT2D eigenvalue weighted by molar-refractivity contribution is -0.133. The average molecular weight is 461 g/mol. The number of carbonyl (C=O) groups is 2. The van der Waals surface area contributed by atoms with Crippen LogP contribution in [0, 0.1) is 40.4 Å². The molecule has 0 bridgehead atoms. The Balaban J connectivity index is 1.45. The number of benzene rings is 1. The lowest BCUT2D eigenvalue weighted by atomic mass is 9.46. The number of carboxylic acids is 1. The van der Waals surface area contributed by atoms with Gasteiger partial charge in [0, 0.05) is 11.5 Å². The minimum Gasteiger partial charge on any atom is -0.478 e. The van der Waals surface area contributed by atoms with Crippen LogP contribution in [0.4, 0.5) is 0 Å². The summed E-state index contributed by atoms with van der Waals surface area (Å²) < 4.78 is 0. The lowest BCUT2D eigenvalue weighted by Crippen LogP contribution is -2.51. The average Bonchev–Trinajstić information content (AvgIpc) is 3.16. The lowest BCUT2D eigenvalue weighted by Gasteiger charge is -2.58. The van der Waals surface area contributed by atoms with Crippen LogP contribution in [0.5, 0.6) is 0 Å². The molecule has 0 aliphatic heterocycles. The van der Waals surface area contributed by atoms with Crippen LogP contribution in [0.1, 0.15) is 78.2 Å². The quantitative estimate of drug-likeness (QED) is 0.482. The van der Waals surface area contributed by atoms with Gasteiger partial charge in [-0.05, 0) is 102 Å². The number of hydrogen-bond acceptors (Lipinski definition) is 2. The molecular formula is C31H40O3. The van der Waals surface area contributed by atoms with Gasteiger partial charge >= 0.3 is 5.97 Å². The van der Waals surface area contributed by atoms with E-state index >= 15 is 0 Å². The van der Waals surface area contributed by atoms with Gasteiger partial charge in [-0.1, -0.05) is 64.1 Å². The van der Waals surface area contributed by atoms with E-state index in [0.717, 1.165) is 19.3 Å². The van der Waals surface area contributed by atoms with Crippen molar-refractivity contribution in [3.8, 4) is 0 Å². The number of carboxylic acid groups (broad SMARTS) is 1. The Kier molecular flexibility index (Phi) is 5.69. The largest absolute Gasteiger partial charge is 0.478 e. The first kappa shape index (κ1) is 23.6. The van der Waals surface area contributed by atoms with Crippen molar-refractivity contribution in [2.24, 2.45) is 40.4 Å². The molecule has 34 heavy (non-hydrogen) atoms. The molecule has 1 N–H and O–H groups in total. The first-order chi connectivity index (χ1) is 16.1. The third-order valence-corrected chi connectivity index (χ3v) is 11.0. The maximum absolute atomic E-state index is 12.7. The number of allylic oxidation sites excluding steroid dienone is 3. The molecule has 2 saturated carbocycles. The maximum atomic E-state index is 12.7. The van der Waals surface area contributed by atoms with Gasteiger partial charge in [-0.3, -0.25) is 0 Å². The van der Waals surface area contributed by atoms with Crippen molar-refractivity contribution < 1.29 is 14.7 Å². The van der Waals surface area contributed by atoms with Crippen molar-refractivity contribution in [1.29, 1.82) is 0 Å². The molecule has 0 spiro atoms. The van der Waals surface area contributed by atoms with Gasteiger partial charge < -0.3 is 9.90 Å². The third kappa shape index (κ3) is 3.37. The van der Waals surface area contributed by atoms with Gasteiger partial charge in [0.25, 0.3) is 0 Å². The van der Waals surface area contributed by atoms with Gasteiger partial charge in [-0.15, -0.1) is 0 Å². The van der Waals surface area contributed by atoms with Crippen molar-refractivity contribution in [3.63, 3.8) is 0 Å². The monoisotopic (exact) mass is 460 g/mol. The van der Waals surface area contributed by atoms with Crippen LogP contribution < -0.4 is 0 Å². The second-order valence-electron chi connectivity index (χ2n) is 12.6.